The number of hydrogen-bond acceptors (Lipinski definition) is 6. The molecule has 184 valence electrons. The number of nitrogens with zero attached hydrogens (tertiary/aromatic N) is 1. The molecule has 7 nitrogen and oxygen atoms in total. The molecule has 1 heterocycles. The van der Waals surface area contributed by atoms with Crippen LogP contribution in [0.25, 0.3) is 21.0 Å². The summed E-state index contributed by atoms with van der Waals surface area (Å²) in [5.74, 6) is -0.314. The SMILES string of the molecule is COc1ccc(NC(=O)c2nc(-c3ccc(OC(C)(C)C(=O)O)cc3)sc2-c2ccc(Cl)cc2)cc1. The summed E-state index contributed by atoms with van der Waals surface area (Å²) in [5.41, 5.74) is 1.10. The molecule has 0 fully saturated rings. The summed E-state index contributed by atoms with van der Waals surface area (Å²) in [6.07, 6.45) is 0. The van der Waals surface area contributed by atoms with Crippen LogP contribution in [0, 0.1) is 0 Å². The number of aromatic nitrogens is 1. The predicted octanol–water partition coefficient (Wildman–Crippen LogP) is 6.63. The van der Waals surface area contributed by atoms with Crippen LogP contribution in [-0.2, 0) is 4.79 Å². The number of carbonyl (C=O) groups excluding carboxylic acids is 1. The topological polar surface area (TPSA) is 97.8 Å². The van der Waals surface area contributed by atoms with Crippen molar-refractivity contribution >= 4 is 40.5 Å². The Bertz CT molecular complexity index is 1380. The van der Waals surface area contributed by atoms with Gasteiger partial charge in [0.1, 0.15) is 22.2 Å². The fourth-order valence-electron chi connectivity index (χ4n) is 3.26. The lowest BCUT2D eigenvalue weighted by molar-refractivity contribution is -0.152. The molecule has 0 saturated heterocycles. The Hall–Kier alpha value is -3.88. The highest BCUT2D eigenvalue weighted by Gasteiger charge is 2.29. The zero-order chi connectivity index (χ0) is 25.9. The van der Waals surface area contributed by atoms with Crippen LogP contribution in [0.4, 0.5) is 5.69 Å². The van der Waals surface area contributed by atoms with Crippen molar-refractivity contribution in [3.63, 3.8) is 0 Å². The zero-order valence-corrected chi connectivity index (χ0v) is 21.3. The Balaban J connectivity index is 1.66. The van der Waals surface area contributed by atoms with E-state index >= 15 is 0 Å². The molecule has 0 saturated carbocycles. The second kappa shape index (κ2) is 10.4. The Morgan fingerprint density at radius 2 is 1.50 bits per heavy atom. The summed E-state index contributed by atoms with van der Waals surface area (Å²) in [5, 5.41) is 13.4. The Kier molecular flexibility index (Phi) is 7.28. The Morgan fingerprint density at radius 3 is 2.08 bits per heavy atom. The van der Waals surface area contributed by atoms with Crippen LogP contribution in [0.15, 0.2) is 72.8 Å². The van der Waals surface area contributed by atoms with Gasteiger partial charge < -0.3 is 19.9 Å². The van der Waals surface area contributed by atoms with Gasteiger partial charge in [0, 0.05) is 16.3 Å². The number of ether oxygens (including phenoxy) is 2. The van der Waals surface area contributed by atoms with E-state index < -0.39 is 11.6 Å². The third kappa shape index (κ3) is 5.67. The molecular formula is C27H23ClN2O5S. The maximum Gasteiger partial charge on any atom is 0.347 e. The van der Waals surface area contributed by atoms with E-state index in [0.29, 0.717) is 32.1 Å². The van der Waals surface area contributed by atoms with Gasteiger partial charge in [-0.25, -0.2) is 9.78 Å². The Labute approximate surface area is 217 Å². The fraction of sp³-hybridized carbons (Fsp3) is 0.148. The summed E-state index contributed by atoms with van der Waals surface area (Å²) in [6, 6.07) is 21.2. The fourth-order valence-corrected chi connectivity index (χ4v) is 4.46. The van der Waals surface area contributed by atoms with Crippen LogP contribution in [-0.4, -0.2) is 34.7 Å². The third-order valence-electron chi connectivity index (χ3n) is 5.29. The number of anilines is 1. The maximum atomic E-state index is 13.2. The number of thiazole rings is 1. The van der Waals surface area contributed by atoms with Crippen LogP contribution in [0.3, 0.4) is 0 Å². The monoisotopic (exact) mass is 522 g/mol. The number of hydrogen-bond donors (Lipinski definition) is 2. The molecule has 0 atom stereocenters. The lowest BCUT2D eigenvalue weighted by atomic mass is 10.1. The van der Waals surface area contributed by atoms with Crippen molar-refractivity contribution in [3.8, 4) is 32.5 Å². The molecular weight excluding hydrogens is 500 g/mol. The molecule has 36 heavy (non-hydrogen) atoms. The molecule has 0 spiro atoms. The standard InChI is InChI=1S/C27H23ClN2O5S/c1-27(2,26(32)33)35-21-12-6-17(7-13-21)25-30-22(23(36-25)16-4-8-18(28)9-5-16)24(31)29-19-10-14-20(34-3)15-11-19/h4-15H,1-3H3,(H,29,31)(H,32,33). The van der Waals surface area contributed by atoms with E-state index in [2.05, 4.69) is 10.3 Å². The number of rotatable bonds is 8. The molecule has 0 aliphatic rings. The molecule has 1 amide bonds. The summed E-state index contributed by atoms with van der Waals surface area (Å²) in [4.78, 5) is 29.9. The number of methoxy groups -OCH3 is 1. The summed E-state index contributed by atoms with van der Waals surface area (Å²) in [6.45, 7) is 2.96. The van der Waals surface area contributed by atoms with Crippen molar-refractivity contribution in [1.82, 2.24) is 4.98 Å². The molecule has 9 heteroatoms. The van der Waals surface area contributed by atoms with Crippen molar-refractivity contribution in [2.24, 2.45) is 0 Å². The van der Waals surface area contributed by atoms with Crippen molar-refractivity contribution in [1.29, 1.82) is 0 Å². The molecule has 3 aromatic carbocycles. The van der Waals surface area contributed by atoms with Crippen LogP contribution in [0.1, 0.15) is 24.3 Å². The predicted molar refractivity (Wildman–Crippen MR) is 141 cm³/mol. The van der Waals surface area contributed by atoms with Gasteiger partial charge in [-0.1, -0.05) is 23.7 Å². The summed E-state index contributed by atoms with van der Waals surface area (Å²) >= 11 is 7.43. The number of benzene rings is 3. The number of carboxylic acid groups (broad SMARTS) is 1. The molecule has 0 bridgehead atoms. The smallest absolute Gasteiger partial charge is 0.347 e. The van der Waals surface area contributed by atoms with Crippen LogP contribution in [0.2, 0.25) is 5.02 Å². The van der Waals surface area contributed by atoms with Gasteiger partial charge in [-0.2, -0.15) is 0 Å². The number of carboxylic acids is 1. The van der Waals surface area contributed by atoms with Crippen molar-refractivity contribution in [2.45, 2.75) is 19.4 Å². The average molecular weight is 523 g/mol. The van der Waals surface area contributed by atoms with Crippen LogP contribution in [0.5, 0.6) is 11.5 Å². The van der Waals surface area contributed by atoms with Crippen LogP contribution < -0.4 is 14.8 Å². The minimum absolute atomic E-state index is 0.278. The molecule has 4 rings (SSSR count). The van der Waals surface area contributed by atoms with E-state index in [9.17, 15) is 14.7 Å². The number of aliphatic carboxylic acids is 1. The van der Waals surface area contributed by atoms with Gasteiger partial charge >= 0.3 is 5.97 Å². The molecule has 0 aliphatic carbocycles. The van der Waals surface area contributed by atoms with Gasteiger partial charge in [-0.3, -0.25) is 4.79 Å². The lowest BCUT2D eigenvalue weighted by Crippen LogP contribution is -2.37. The maximum absolute atomic E-state index is 13.2. The molecule has 4 aromatic rings. The van der Waals surface area contributed by atoms with Gasteiger partial charge in [-0.15, -0.1) is 11.3 Å². The largest absolute Gasteiger partial charge is 0.497 e. The first kappa shape index (κ1) is 25.2. The molecule has 2 N–H and O–H groups in total. The van der Waals surface area contributed by atoms with E-state index in [0.717, 1.165) is 11.1 Å². The molecule has 0 radical (unpaired) electrons. The van der Waals surface area contributed by atoms with Gasteiger partial charge in [0.2, 0.25) is 0 Å². The number of halogens is 1. The van der Waals surface area contributed by atoms with Gasteiger partial charge in [0.15, 0.2) is 5.60 Å². The number of nitrogens with one attached hydrogen (secondary N) is 1. The van der Waals surface area contributed by atoms with Crippen molar-refractivity contribution in [2.75, 3.05) is 12.4 Å². The molecule has 0 unspecified atom stereocenters. The number of amides is 1. The highest BCUT2D eigenvalue weighted by molar-refractivity contribution is 7.18. The van der Waals surface area contributed by atoms with E-state index in [1.54, 1.807) is 67.8 Å². The van der Waals surface area contributed by atoms with E-state index in [-0.39, 0.29) is 11.6 Å². The minimum atomic E-state index is -1.36. The average Bonchev–Trinajstić information content (AvgIpc) is 3.31. The summed E-state index contributed by atoms with van der Waals surface area (Å²) in [7, 11) is 1.58. The number of carbonyl (C=O) groups is 2. The second-order valence-corrected chi connectivity index (χ2v) is 9.76. The second-order valence-electron chi connectivity index (χ2n) is 8.33. The lowest BCUT2D eigenvalue weighted by Gasteiger charge is -2.21. The van der Waals surface area contributed by atoms with Gasteiger partial charge in [0.25, 0.3) is 5.91 Å². The Morgan fingerprint density at radius 1 is 0.917 bits per heavy atom. The highest BCUT2D eigenvalue weighted by Crippen LogP contribution is 2.37. The van der Waals surface area contributed by atoms with E-state index in [1.807, 2.05) is 12.1 Å². The van der Waals surface area contributed by atoms with E-state index in [4.69, 9.17) is 21.1 Å². The van der Waals surface area contributed by atoms with Crippen LogP contribution >= 0.6 is 22.9 Å². The molecule has 0 aliphatic heterocycles. The third-order valence-corrected chi connectivity index (χ3v) is 6.69. The normalized spacial score (nSPS) is 11.1. The van der Waals surface area contributed by atoms with Crippen molar-refractivity contribution in [3.05, 3.63) is 83.5 Å². The summed E-state index contributed by atoms with van der Waals surface area (Å²) < 4.78 is 10.8. The molecule has 1 aromatic heterocycles. The van der Waals surface area contributed by atoms with Gasteiger partial charge in [-0.05, 0) is 80.1 Å². The minimum Gasteiger partial charge on any atom is -0.497 e. The van der Waals surface area contributed by atoms with E-state index in [1.165, 1.54) is 25.2 Å². The quantitative estimate of drug-likeness (QED) is 0.269. The highest BCUT2D eigenvalue weighted by atomic mass is 35.5. The van der Waals surface area contributed by atoms with Crippen molar-refractivity contribution < 1.29 is 24.2 Å². The first-order valence-corrected chi connectivity index (χ1v) is 12.1. The van der Waals surface area contributed by atoms with Gasteiger partial charge in [0.05, 0.1) is 12.0 Å². The zero-order valence-electron chi connectivity index (χ0n) is 19.7. The first-order valence-electron chi connectivity index (χ1n) is 10.9. The first-order chi connectivity index (χ1) is 17.2.